The molecule has 0 fully saturated rings. The van der Waals surface area contributed by atoms with Crippen molar-refractivity contribution < 1.29 is 27.8 Å². The number of alkyl halides is 3. The van der Waals surface area contributed by atoms with Crippen LogP contribution in [0.15, 0.2) is 54.7 Å². The van der Waals surface area contributed by atoms with Crippen LogP contribution in [-0.2, 0) is 24.0 Å². The quantitative estimate of drug-likeness (QED) is 0.558. The van der Waals surface area contributed by atoms with Crippen LogP contribution in [0.25, 0.3) is 10.9 Å². The molecule has 1 amide bonds. The number of pyridine rings is 1. The Labute approximate surface area is 178 Å². The Morgan fingerprint density at radius 1 is 1.00 bits per heavy atom. The van der Waals surface area contributed by atoms with Crippen molar-refractivity contribution in [2.75, 3.05) is 0 Å². The van der Waals surface area contributed by atoms with Crippen molar-refractivity contribution in [2.45, 2.75) is 45.6 Å². The first-order valence-corrected chi connectivity index (χ1v) is 9.64. The third-order valence-corrected chi connectivity index (χ3v) is 4.54. The maximum absolute atomic E-state index is 13.5. The molecule has 3 rings (SSSR count). The van der Waals surface area contributed by atoms with E-state index in [2.05, 4.69) is 4.98 Å². The van der Waals surface area contributed by atoms with Gasteiger partial charge in [-0.1, -0.05) is 30.3 Å². The molecule has 1 heterocycles. The number of amides is 1. The number of aromatic nitrogens is 1. The van der Waals surface area contributed by atoms with Gasteiger partial charge in [-0.3, -0.25) is 9.88 Å². The zero-order valence-corrected chi connectivity index (χ0v) is 17.4. The zero-order valence-electron chi connectivity index (χ0n) is 17.4. The first-order chi connectivity index (χ1) is 14.5. The summed E-state index contributed by atoms with van der Waals surface area (Å²) < 4.78 is 45.9. The van der Waals surface area contributed by atoms with Crippen molar-refractivity contribution >= 4 is 17.0 Å². The molecule has 0 aliphatic heterocycles. The molecule has 0 radical (unpaired) electrons. The van der Waals surface area contributed by atoms with Crippen molar-refractivity contribution in [3.05, 3.63) is 71.4 Å². The van der Waals surface area contributed by atoms with Gasteiger partial charge in [-0.15, -0.1) is 0 Å². The molecule has 2 aromatic carbocycles. The van der Waals surface area contributed by atoms with Crippen LogP contribution in [0.3, 0.4) is 0 Å². The van der Waals surface area contributed by atoms with E-state index in [0.717, 1.165) is 6.07 Å². The lowest BCUT2D eigenvalue weighted by atomic mass is 10.0. The molecule has 164 valence electrons. The minimum Gasteiger partial charge on any atom is -0.506 e. The fraction of sp³-hybridized carbons (Fsp3) is 0.304. The summed E-state index contributed by atoms with van der Waals surface area (Å²) in [6, 6.07) is 11.6. The van der Waals surface area contributed by atoms with E-state index in [9.17, 15) is 23.1 Å². The summed E-state index contributed by atoms with van der Waals surface area (Å²) in [6.45, 7) is 4.74. The van der Waals surface area contributed by atoms with Gasteiger partial charge in [-0.25, -0.2) is 4.79 Å². The number of fused-ring (bicyclic) bond motifs is 1. The summed E-state index contributed by atoms with van der Waals surface area (Å²) in [6.07, 6.45) is -3.77. The predicted molar refractivity (Wildman–Crippen MR) is 110 cm³/mol. The van der Waals surface area contributed by atoms with Gasteiger partial charge in [0, 0.05) is 18.1 Å². The van der Waals surface area contributed by atoms with Crippen LogP contribution in [0, 0.1) is 0 Å². The van der Waals surface area contributed by atoms with Crippen LogP contribution in [0.5, 0.6) is 5.75 Å². The number of benzene rings is 2. The maximum Gasteiger partial charge on any atom is 0.416 e. The molecule has 0 atom stereocenters. The lowest BCUT2D eigenvalue weighted by Gasteiger charge is -2.28. The van der Waals surface area contributed by atoms with Gasteiger partial charge in [0.05, 0.1) is 12.1 Å². The largest absolute Gasteiger partial charge is 0.506 e. The predicted octanol–water partition coefficient (Wildman–Crippen LogP) is 5.90. The van der Waals surface area contributed by atoms with E-state index >= 15 is 0 Å². The van der Waals surface area contributed by atoms with Gasteiger partial charge in [0.1, 0.15) is 16.9 Å². The molecule has 1 N–H and O–H groups in total. The molecule has 3 aromatic rings. The molecule has 31 heavy (non-hydrogen) atoms. The van der Waals surface area contributed by atoms with Gasteiger partial charge in [0.2, 0.25) is 0 Å². The Morgan fingerprint density at radius 3 is 2.35 bits per heavy atom. The molecule has 8 heteroatoms. The summed E-state index contributed by atoms with van der Waals surface area (Å²) in [5.41, 5.74) is -0.698. The highest BCUT2D eigenvalue weighted by atomic mass is 19.4. The zero-order chi connectivity index (χ0) is 22.8. The van der Waals surface area contributed by atoms with E-state index in [0.29, 0.717) is 16.5 Å². The number of hydrogen-bond donors (Lipinski definition) is 1. The molecule has 1 aromatic heterocycles. The van der Waals surface area contributed by atoms with Gasteiger partial charge in [-0.05, 0) is 50.1 Å². The van der Waals surface area contributed by atoms with E-state index in [1.807, 2.05) is 0 Å². The van der Waals surface area contributed by atoms with E-state index in [-0.39, 0.29) is 24.4 Å². The normalized spacial score (nSPS) is 12.1. The molecular formula is C23H23F3N2O3. The Hall–Kier alpha value is -3.29. The van der Waals surface area contributed by atoms with Gasteiger partial charge in [0.15, 0.2) is 0 Å². The number of halogens is 3. The molecule has 0 bridgehead atoms. The molecule has 0 aliphatic rings. The van der Waals surface area contributed by atoms with Gasteiger partial charge in [-0.2, -0.15) is 13.2 Å². The third-order valence-electron chi connectivity index (χ3n) is 4.54. The Morgan fingerprint density at radius 2 is 1.68 bits per heavy atom. The second kappa shape index (κ2) is 8.45. The van der Waals surface area contributed by atoms with E-state index in [1.165, 1.54) is 35.4 Å². The van der Waals surface area contributed by atoms with Crippen LogP contribution >= 0.6 is 0 Å². The topological polar surface area (TPSA) is 62.7 Å². The first kappa shape index (κ1) is 22.4. The average Bonchev–Trinajstić information content (AvgIpc) is 2.68. The summed E-state index contributed by atoms with van der Waals surface area (Å²) in [5.74, 6) is -0.0226. The highest BCUT2D eigenvalue weighted by molar-refractivity contribution is 5.87. The second-order valence-electron chi connectivity index (χ2n) is 8.13. The summed E-state index contributed by atoms with van der Waals surface area (Å²) in [5, 5.41) is 10.7. The number of nitrogens with zero attached hydrogens (tertiary/aromatic N) is 2. The lowest BCUT2D eigenvalue weighted by Crippen LogP contribution is -2.36. The van der Waals surface area contributed by atoms with Crippen LogP contribution in [0.1, 0.15) is 37.5 Å². The molecule has 0 spiro atoms. The van der Waals surface area contributed by atoms with Crippen LogP contribution < -0.4 is 0 Å². The fourth-order valence-corrected chi connectivity index (χ4v) is 3.21. The minimum atomic E-state index is -4.55. The van der Waals surface area contributed by atoms with Gasteiger partial charge in [0.25, 0.3) is 0 Å². The smallest absolute Gasteiger partial charge is 0.416 e. The lowest BCUT2D eigenvalue weighted by molar-refractivity contribution is -0.138. The van der Waals surface area contributed by atoms with Crippen molar-refractivity contribution in [3.63, 3.8) is 0 Å². The average molecular weight is 432 g/mol. The van der Waals surface area contributed by atoms with E-state index < -0.39 is 23.4 Å². The maximum atomic E-state index is 13.5. The standard InChI is InChI=1S/C23H23F3N2O3/c1-22(2,3)31-21(30)28(14-16-7-4-5-9-18(16)23(24,25)26)13-15-10-11-19(29)20-17(15)8-6-12-27-20/h4-12,29H,13-14H2,1-3H3. The minimum absolute atomic E-state index is 0.0226. The van der Waals surface area contributed by atoms with Crippen molar-refractivity contribution in [1.29, 1.82) is 0 Å². The number of carbonyl (C=O) groups is 1. The Kier molecular flexibility index (Phi) is 6.10. The number of hydrogen-bond acceptors (Lipinski definition) is 4. The molecule has 0 saturated carbocycles. The molecular weight excluding hydrogens is 409 g/mol. The third kappa shape index (κ3) is 5.45. The SMILES string of the molecule is CC(C)(C)OC(=O)N(Cc1ccccc1C(F)(F)F)Cc1ccc(O)c2ncccc12. The van der Waals surface area contributed by atoms with Crippen LogP contribution in [0.2, 0.25) is 0 Å². The highest BCUT2D eigenvalue weighted by Crippen LogP contribution is 2.33. The van der Waals surface area contributed by atoms with E-state index in [1.54, 1.807) is 39.0 Å². The number of phenols is 1. The Bertz CT molecular complexity index is 1090. The summed E-state index contributed by atoms with van der Waals surface area (Å²) in [7, 11) is 0. The monoisotopic (exact) mass is 432 g/mol. The van der Waals surface area contributed by atoms with Gasteiger partial charge >= 0.3 is 12.3 Å². The van der Waals surface area contributed by atoms with Gasteiger partial charge < -0.3 is 9.84 Å². The van der Waals surface area contributed by atoms with Crippen LogP contribution in [-0.4, -0.2) is 26.7 Å². The molecule has 0 aliphatic carbocycles. The number of carbonyl (C=O) groups excluding carboxylic acids is 1. The second-order valence-corrected chi connectivity index (χ2v) is 8.13. The van der Waals surface area contributed by atoms with Crippen LogP contribution in [0.4, 0.5) is 18.0 Å². The van der Waals surface area contributed by atoms with E-state index in [4.69, 9.17) is 4.74 Å². The number of aromatic hydroxyl groups is 1. The molecule has 5 nitrogen and oxygen atoms in total. The van der Waals surface area contributed by atoms with Crippen molar-refractivity contribution in [3.8, 4) is 5.75 Å². The Balaban J connectivity index is 2.01. The number of ether oxygens (including phenoxy) is 1. The first-order valence-electron chi connectivity index (χ1n) is 9.64. The number of rotatable bonds is 4. The fourth-order valence-electron chi connectivity index (χ4n) is 3.21. The summed E-state index contributed by atoms with van der Waals surface area (Å²) in [4.78, 5) is 18.3. The molecule has 0 unspecified atom stereocenters. The van der Waals surface area contributed by atoms with Crippen molar-refractivity contribution in [1.82, 2.24) is 9.88 Å². The number of phenolic OH excluding ortho intramolecular Hbond substituents is 1. The highest BCUT2D eigenvalue weighted by Gasteiger charge is 2.34. The summed E-state index contributed by atoms with van der Waals surface area (Å²) >= 11 is 0. The van der Waals surface area contributed by atoms with Crippen molar-refractivity contribution in [2.24, 2.45) is 0 Å². The molecule has 0 saturated heterocycles.